The van der Waals surface area contributed by atoms with Gasteiger partial charge < -0.3 is 32.3 Å². The first-order valence-electron chi connectivity index (χ1n) is 23.9. The number of hydrogen-bond donors (Lipinski definition) is 1. The minimum atomic E-state index is -2.32. The molecule has 0 spiro atoms. The lowest BCUT2D eigenvalue weighted by atomic mass is 9.79. The molecule has 4 atom stereocenters. The van der Waals surface area contributed by atoms with Crippen LogP contribution in [0.5, 0.6) is 0 Å². The number of hydrogen-bond acceptors (Lipinski definition) is 8. The third-order valence-corrected chi connectivity index (χ3v) is 34.4. The predicted molar refractivity (Wildman–Crippen MR) is 279 cm³/mol. The van der Waals surface area contributed by atoms with Gasteiger partial charge in [-0.1, -0.05) is 119 Å². The Balaban J connectivity index is 1.71. The summed E-state index contributed by atoms with van der Waals surface area (Å²) in [4.78, 5) is 2.64. The first-order chi connectivity index (χ1) is 28.2. The summed E-state index contributed by atoms with van der Waals surface area (Å²) in [6.07, 6.45) is -0.607. The quantitative estimate of drug-likeness (QED) is 0.177. The summed E-state index contributed by atoms with van der Waals surface area (Å²) in [5.74, 6) is 0. The Morgan fingerprint density at radius 3 is 1.44 bits per heavy atom. The van der Waals surface area contributed by atoms with Gasteiger partial charge in [0, 0.05) is 25.3 Å². The Morgan fingerprint density at radius 2 is 1.00 bits per heavy atom. The molecule has 0 bridgehead atoms. The molecule has 0 radical (unpaired) electrons. The van der Waals surface area contributed by atoms with Crippen LogP contribution in [-0.4, -0.2) is 94.0 Å². The molecular formula is C50H93BN2O6Si4. The zero-order chi connectivity index (χ0) is 48.2. The maximum Gasteiger partial charge on any atom is 0.494 e. The maximum absolute atomic E-state index is 7.77. The molecule has 2 fully saturated rings. The van der Waals surface area contributed by atoms with Gasteiger partial charge in [-0.2, -0.15) is 0 Å². The summed E-state index contributed by atoms with van der Waals surface area (Å²) in [6, 6.07) is 17.5. The van der Waals surface area contributed by atoms with E-state index in [0.29, 0.717) is 6.61 Å². The third-order valence-electron chi connectivity index (χ3n) is 16.4. The van der Waals surface area contributed by atoms with Gasteiger partial charge in [0.15, 0.2) is 33.3 Å². The number of likely N-dealkylation sites (tertiary alicyclic amines) is 1. The van der Waals surface area contributed by atoms with Crippen molar-refractivity contribution in [3.05, 3.63) is 59.7 Å². The van der Waals surface area contributed by atoms with Crippen LogP contribution in [0.25, 0.3) is 0 Å². The average Bonchev–Trinajstić information content (AvgIpc) is 3.32. The molecule has 0 aromatic heterocycles. The van der Waals surface area contributed by atoms with Crippen LogP contribution in [0.15, 0.2) is 48.5 Å². The minimum absolute atomic E-state index is 0.0104. The van der Waals surface area contributed by atoms with Gasteiger partial charge in [0.1, 0.15) is 0 Å². The molecule has 2 aromatic carbocycles. The van der Waals surface area contributed by atoms with Gasteiger partial charge in [-0.15, -0.1) is 0 Å². The Hall–Kier alpha value is -1.11. The molecule has 1 N–H and O–H groups in total. The molecule has 2 heterocycles. The number of anilines is 1. The highest BCUT2D eigenvalue weighted by Crippen LogP contribution is 2.46. The van der Waals surface area contributed by atoms with E-state index in [4.69, 9.17) is 27.0 Å². The standard InChI is InChI=1S/C50H93BN2O6Si4/c1-45(2,3)60(17,18)54-36-41-43(56-62(21,22)47(7,8)9)44(57-63(23,24)48(10,11)12)42(55-61(19,20)46(4,5)6)35-53(41)34-38-27-25-37(26-28-38)33-52-40-31-29-39(30-32-40)51-58-49(13,14)50(15,16)59-51/h25-32,41-44,52H,33-36H2,1-24H3/t41-,42?,43?,44?/m1/s1. The topological polar surface area (TPSA) is 70.7 Å². The lowest BCUT2D eigenvalue weighted by Gasteiger charge is -2.56. The van der Waals surface area contributed by atoms with Crippen LogP contribution < -0.4 is 10.8 Å². The highest BCUT2D eigenvalue weighted by atomic mass is 28.4. The molecular weight excluding hydrogens is 848 g/mol. The molecule has 3 unspecified atom stereocenters. The van der Waals surface area contributed by atoms with E-state index in [1.165, 1.54) is 11.1 Å². The van der Waals surface area contributed by atoms with Gasteiger partial charge in [0.2, 0.25) is 0 Å². The zero-order valence-corrected chi connectivity index (χ0v) is 48.7. The number of piperidine rings is 1. The molecule has 13 heteroatoms. The molecule has 2 aliphatic heterocycles. The number of nitrogens with zero attached hydrogens (tertiary/aromatic N) is 1. The SMILES string of the molecule is CC1(C)OB(c2ccc(NCc3ccc(CN4CC(O[Si](C)(C)C(C)(C)C)C(O[Si](C)(C)C(C)(C)C)C(O[Si](C)(C)C(C)(C)C)[C@H]4CO[Si](C)(C)C(C)(C)C)cc3)cc2)OC1(C)C. The third kappa shape index (κ3) is 12.9. The molecule has 358 valence electrons. The highest BCUT2D eigenvalue weighted by Gasteiger charge is 2.56. The predicted octanol–water partition coefficient (Wildman–Crippen LogP) is 13.0. The van der Waals surface area contributed by atoms with Crippen molar-refractivity contribution in [1.82, 2.24) is 4.90 Å². The smallest absolute Gasteiger partial charge is 0.415 e. The lowest BCUT2D eigenvalue weighted by molar-refractivity contribution is -0.130. The van der Waals surface area contributed by atoms with Crippen LogP contribution in [-0.2, 0) is 40.1 Å². The van der Waals surface area contributed by atoms with Crippen molar-refractivity contribution < 1.29 is 27.0 Å². The second-order valence-electron chi connectivity index (χ2n) is 26.1. The van der Waals surface area contributed by atoms with Crippen LogP contribution in [0.4, 0.5) is 5.69 Å². The van der Waals surface area contributed by atoms with E-state index < -0.39 is 33.3 Å². The van der Waals surface area contributed by atoms with E-state index in [0.717, 1.165) is 30.8 Å². The van der Waals surface area contributed by atoms with E-state index in [9.17, 15) is 0 Å². The normalized spacial score (nSPS) is 23.3. The molecule has 8 nitrogen and oxygen atoms in total. The van der Waals surface area contributed by atoms with Gasteiger partial charge in [-0.25, -0.2) is 0 Å². The van der Waals surface area contributed by atoms with Crippen LogP contribution in [0.3, 0.4) is 0 Å². The molecule has 2 aliphatic rings. The Bertz CT molecular complexity index is 1790. The van der Waals surface area contributed by atoms with E-state index in [1.807, 2.05) is 0 Å². The molecule has 0 aliphatic carbocycles. The monoisotopic (exact) mass is 941 g/mol. The van der Waals surface area contributed by atoms with Crippen molar-refractivity contribution in [2.75, 3.05) is 18.5 Å². The average molecular weight is 941 g/mol. The van der Waals surface area contributed by atoms with Gasteiger partial charge >= 0.3 is 7.12 Å². The Morgan fingerprint density at radius 1 is 0.587 bits per heavy atom. The van der Waals surface area contributed by atoms with Crippen molar-refractivity contribution in [3.63, 3.8) is 0 Å². The van der Waals surface area contributed by atoms with Crippen molar-refractivity contribution >= 4 is 51.5 Å². The Labute approximate surface area is 391 Å². The van der Waals surface area contributed by atoms with E-state index in [1.54, 1.807) is 0 Å². The molecule has 0 saturated carbocycles. The summed E-state index contributed by atoms with van der Waals surface area (Å²) in [7, 11) is -9.35. The van der Waals surface area contributed by atoms with Crippen molar-refractivity contribution in [2.24, 2.45) is 0 Å². The van der Waals surface area contributed by atoms with Crippen molar-refractivity contribution in [2.45, 2.75) is 232 Å². The van der Waals surface area contributed by atoms with Crippen molar-refractivity contribution in [3.8, 4) is 0 Å². The first kappa shape index (κ1) is 54.5. The van der Waals surface area contributed by atoms with E-state index in [-0.39, 0.29) is 62.8 Å². The molecule has 4 rings (SSSR count). The van der Waals surface area contributed by atoms with Gasteiger partial charge in [0.05, 0.1) is 42.2 Å². The van der Waals surface area contributed by atoms with Crippen LogP contribution in [0.1, 0.15) is 122 Å². The van der Waals surface area contributed by atoms with Gasteiger partial charge in [0.25, 0.3) is 0 Å². The number of benzene rings is 2. The van der Waals surface area contributed by atoms with Crippen LogP contribution >= 0.6 is 0 Å². The second-order valence-corrected chi connectivity index (χ2v) is 45.1. The van der Waals surface area contributed by atoms with Crippen LogP contribution in [0.2, 0.25) is 72.5 Å². The number of nitrogens with one attached hydrogen (secondary N) is 1. The molecule has 2 saturated heterocycles. The van der Waals surface area contributed by atoms with Gasteiger partial charge in [-0.3, -0.25) is 4.90 Å². The zero-order valence-electron chi connectivity index (χ0n) is 44.7. The second kappa shape index (κ2) is 18.8. The summed E-state index contributed by atoms with van der Waals surface area (Å²) < 4.78 is 42.9. The van der Waals surface area contributed by atoms with Crippen LogP contribution in [0, 0.1) is 0 Å². The summed E-state index contributed by atoms with van der Waals surface area (Å²) >= 11 is 0. The minimum Gasteiger partial charge on any atom is -0.415 e. The Kier molecular flexibility index (Phi) is 16.2. The summed E-state index contributed by atoms with van der Waals surface area (Å²) in [5.41, 5.74) is 3.86. The maximum atomic E-state index is 7.77. The fourth-order valence-electron chi connectivity index (χ4n) is 6.92. The molecule has 0 amide bonds. The largest absolute Gasteiger partial charge is 0.494 e. The molecule has 2 aromatic rings. The van der Waals surface area contributed by atoms with E-state index >= 15 is 0 Å². The fourth-order valence-corrected chi connectivity index (χ4v) is 11.9. The number of rotatable bonds is 15. The molecule has 63 heavy (non-hydrogen) atoms. The lowest BCUT2D eigenvalue weighted by Crippen LogP contribution is -2.70. The van der Waals surface area contributed by atoms with E-state index in [2.05, 4.69) is 222 Å². The summed E-state index contributed by atoms with van der Waals surface area (Å²) in [5, 5.41) is 3.78. The fraction of sp³-hybridized carbons (Fsp3) is 0.760. The summed E-state index contributed by atoms with van der Waals surface area (Å²) in [6.45, 7) is 58.4. The highest BCUT2D eigenvalue weighted by molar-refractivity contribution is 6.75. The van der Waals surface area contributed by atoms with Gasteiger partial charge in [-0.05, 0) is 129 Å². The van der Waals surface area contributed by atoms with Crippen molar-refractivity contribution in [1.29, 1.82) is 0 Å². The first-order valence-corrected chi connectivity index (χ1v) is 35.5.